The summed E-state index contributed by atoms with van der Waals surface area (Å²) in [5.41, 5.74) is 0.244. The normalized spacial score (nSPS) is 31.8. The van der Waals surface area contributed by atoms with Crippen molar-refractivity contribution in [3.05, 3.63) is 47.5 Å². The lowest BCUT2D eigenvalue weighted by molar-refractivity contribution is -0.277. The summed E-state index contributed by atoms with van der Waals surface area (Å²) in [7, 11) is 0. The van der Waals surface area contributed by atoms with Crippen molar-refractivity contribution in [1.29, 1.82) is 0 Å². The number of Topliss-reactive ketones (excluding diaryl/α,β-unsaturated/α-hetero) is 1. The van der Waals surface area contributed by atoms with Crippen LogP contribution in [0, 0.1) is 0 Å². The third kappa shape index (κ3) is 3.86. The summed E-state index contributed by atoms with van der Waals surface area (Å²) in [6.07, 6.45) is -8.21. The number of aliphatic hydroxyl groups is 5. The SMILES string of the molecule is O=C1c2c(O[C@@H]3O[C@H](CO)[C@@H](O)[C@H](O)[C@H]3O)cc(O)cc2O[C@@]1(O)Cc1ccc(O)cc1. The third-order valence-corrected chi connectivity index (χ3v) is 5.38. The highest BCUT2D eigenvalue weighted by molar-refractivity contribution is 6.09. The zero-order valence-electron chi connectivity index (χ0n) is 16.5. The fraction of sp³-hybridized carbons (Fsp3) is 0.381. The highest BCUT2D eigenvalue weighted by Gasteiger charge is 2.50. The Morgan fingerprint density at radius 1 is 0.969 bits per heavy atom. The van der Waals surface area contributed by atoms with E-state index in [0.717, 1.165) is 12.1 Å². The quantitative estimate of drug-likeness (QED) is 0.289. The van der Waals surface area contributed by atoms with Crippen molar-refractivity contribution in [3.63, 3.8) is 0 Å². The first-order valence-electron chi connectivity index (χ1n) is 9.71. The van der Waals surface area contributed by atoms with Gasteiger partial charge in [0, 0.05) is 18.6 Å². The minimum atomic E-state index is -2.33. The molecular weight excluding hydrogens is 428 g/mol. The number of benzene rings is 2. The molecule has 0 aromatic heterocycles. The summed E-state index contributed by atoms with van der Waals surface area (Å²) < 4.78 is 16.2. The van der Waals surface area contributed by atoms with E-state index in [1.807, 2.05) is 0 Å². The minimum Gasteiger partial charge on any atom is -0.508 e. The van der Waals surface area contributed by atoms with Crippen molar-refractivity contribution in [2.75, 3.05) is 6.61 Å². The van der Waals surface area contributed by atoms with Gasteiger partial charge in [-0.3, -0.25) is 4.79 Å². The number of carbonyl (C=O) groups excluding carboxylic acids is 1. The first kappa shape index (κ1) is 22.3. The van der Waals surface area contributed by atoms with E-state index < -0.39 is 48.9 Å². The van der Waals surface area contributed by atoms with Crippen LogP contribution in [0.25, 0.3) is 0 Å². The molecule has 0 radical (unpaired) electrons. The fourth-order valence-corrected chi connectivity index (χ4v) is 3.69. The monoisotopic (exact) mass is 450 g/mol. The second-order valence-corrected chi connectivity index (χ2v) is 7.69. The van der Waals surface area contributed by atoms with Gasteiger partial charge in [0.1, 0.15) is 53.0 Å². The second kappa shape index (κ2) is 8.20. The van der Waals surface area contributed by atoms with E-state index in [-0.39, 0.29) is 35.0 Å². The Labute approximate surface area is 181 Å². The van der Waals surface area contributed by atoms with E-state index in [1.54, 1.807) is 0 Å². The van der Waals surface area contributed by atoms with Crippen molar-refractivity contribution >= 4 is 5.78 Å². The van der Waals surface area contributed by atoms with Crippen LogP contribution in [0.1, 0.15) is 15.9 Å². The summed E-state index contributed by atoms with van der Waals surface area (Å²) in [6.45, 7) is -0.683. The minimum absolute atomic E-state index is 0.00262. The number of hydrogen-bond acceptors (Lipinski definition) is 11. The predicted octanol–water partition coefficient (Wildman–Crippen LogP) is -1.22. The van der Waals surface area contributed by atoms with E-state index >= 15 is 0 Å². The third-order valence-electron chi connectivity index (χ3n) is 5.38. The van der Waals surface area contributed by atoms with Gasteiger partial charge in [-0.25, -0.2) is 0 Å². The van der Waals surface area contributed by atoms with Crippen LogP contribution in [0.5, 0.6) is 23.0 Å². The van der Waals surface area contributed by atoms with Gasteiger partial charge in [-0.05, 0) is 17.7 Å². The Balaban J connectivity index is 1.63. The van der Waals surface area contributed by atoms with Crippen molar-refractivity contribution in [2.24, 2.45) is 0 Å². The van der Waals surface area contributed by atoms with Crippen LogP contribution in [-0.4, -0.2) is 84.6 Å². The van der Waals surface area contributed by atoms with Crippen molar-refractivity contribution in [3.8, 4) is 23.0 Å². The van der Waals surface area contributed by atoms with Gasteiger partial charge in [-0.15, -0.1) is 0 Å². The van der Waals surface area contributed by atoms with Gasteiger partial charge >= 0.3 is 0 Å². The van der Waals surface area contributed by atoms with Gasteiger partial charge in [0.05, 0.1) is 6.61 Å². The molecule has 1 saturated heterocycles. The molecule has 0 spiro atoms. The Hall–Kier alpha value is -2.93. The number of phenols is 2. The Morgan fingerprint density at radius 3 is 2.31 bits per heavy atom. The maximum atomic E-state index is 13.1. The number of rotatable bonds is 5. The molecule has 172 valence electrons. The van der Waals surface area contributed by atoms with Crippen LogP contribution < -0.4 is 9.47 Å². The van der Waals surface area contributed by atoms with Crippen LogP contribution in [0.2, 0.25) is 0 Å². The molecule has 1 fully saturated rings. The fourth-order valence-electron chi connectivity index (χ4n) is 3.69. The summed E-state index contributed by atoms with van der Waals surface area (Å²) in [4.78, 5) is 13.1. The summed E-state index contributed by atoms with van der Waals surface area (Å²) >= 11 is 0. The van der Waals surface area contributed by atoms with Gasteiger partial charge in [-0.1, -0.05) is 12.1 Å². The lowest BCUT2D eigenvalue weighted by atomic mass is 9.97. The first-order chi connectivity index (χ1) is 15.1. The maximum Gasteiger partial charge on any atom is 0.277 e. The number of ketones is 1. The van der Waals surface area contributed by atoms with Gasteiger partial charge in [0.15, 0.2) is 0 Å². The molecule has 0 amide bonds. The van der Waals surface area contributed by atoms with E-state index in [4.69, 9.17) is 14.2 Å². The van der Waals surface area contributed by atoms with Crippen LogP contribution in [0.4, 0.5) is 0 Å². The summed E-state index contributed by atoms with van der Waals surface area (Å²) in [5, 5.41) is 69.7. The second-order valence-electron chi connectivity index (χ2n) is 7.69. The van der Waals surface area contributed by atoms with Gasteiger partial charge < -0.3 is 50.0 Å². The van der Waals surface area contributed by atoms with E-state index in [0.29, 0.717) is 5.56 Å². The lowest BCUT2D eigenvalue weighted by Gasteiger charge is -2.39. The molecule has 11 nitrogen and oxygen atoms in total. The highest BCUT2D eigenvalue weighted by Crippen LogP contribution is 2.44. The molecule has 0 bridgehead atoms. The maximum absolute atomic E-state index is 13.1. The predicted molar refractivity (Wildman–Crippen MR) is 104 cm³/mol. The molecule has 0 unspecified atom stereocenters. The number of aliphatic hydroxyl groups excluding tert-OH is 4. The molecule has 0 saturated carbocycles. The molecule has 4 rings (SSSR count). The van der Waals surface area contributed by atoms with Crippen LogP contribution in [-0.2, 0) is 11.2 Å². The van der Waals surface area contributed by atoms with Crippen molar-refractivity contribution in [2.45, 2.75) is 42.9 Å². The molecule has 0 aliphatic carbocycles. The van der Waals surface area contributed by atoms with Crippen LogP contribution in [0.3, 0.4) is 0 Å². The number of ether oxygens (including phenoxy) is 3. The van der Waals surface area contributed by atoms with Gasteiger partial charge in [0.25, 0.3) is 5.79 Å². The molecule has 32 heavy (non-hydrogen) atoms. The Morgan fingerprint density at radius 2 is 1.66 bits per heavy atom. The average molecular weight is 450 g/mol. The number of fused-ring (bicyclic) bond motifs is 1. The number of phenolic OH excluding ortho intramolecular Hbond substituents is 2. The smallest absolute Gasteiger partial charge is 0.277 e. The number of carbonyl (C=O) groups is 1. The van der Waals surface area contributed by atoms with Crippen molar-refractivity contribution < 1.29 is 54.8 Å². The number of aromatic hydroxyl groups is 2. The largest absolute Gasteiger partial charge is 0.508 e. The topological polar surface area (TPSA) is 186 Å². The molecule has 11 heteroatoms. The summed E-state index contributed by atoms with van der Waals surface area (Å²) in [5.74, 6) is -4.10. The number of hydrogen-bond donors (Lipinski definition) is 7. The molecular formula is C21H22O11. The molecule has 6 atom stereocenters. The Bertz CT molecular complexity index is 1010. The lowest BCUT2D eigenvalue weighted by Crippen LogP contribution is -2.60. The highest BCUT2D eigenvalue weighted by atomic mass is 16.7. The van der Waals surface area contributed by atoms with Gasteiger partial charge in [-0.2, -0.15) is 0 Å². The van der Waals surface area contributed by atoms with E-state index in [1.165, 1.54) is 24.3 Å². The molecule has 7 N–H and O–H groups in total. The molecule has 2 aliphatic heterocycles. The Kier molecular flexibility index (Phi) is 5.71. The molecule has 2 aliphatic rings. The van der Waals surface area contributed by atoms with E-state index in [2.05, 4.69) is 0 Å². The average Bonchev–Trinajstić information content (AvgIpc) is 2.99. The first-order valence-corrected chi connectivity index (χ1v) is 9.71. The van der Waals surface area contributed by atoms with Crippen LogP contribution >= 0.6 is 0 Å². The summed E-state index contributed by atoms with van der Waals surface area (Å²) in [6, 6.07) is 7.89. The standard InChI is InChI=1S/C21H22O11/c22-8-14-16(25)17(26)18(27)20(31-14)30-12-5-11(24)6-13-15(12)19(28)21(29,32-13)7-9-1-3-10(23)4-2-9/h1-6,14,16-18,20,22-27,29H,7-8H2/t14-,16-,17+,18-,20-,21+/m1/s1. The van der Waals surface area contributed by atoms with Crippen molar-refractivity contribution in [1.82, 2.24) is 0 Å². The van der Waals surface area contributed by atoms with E-state index in [9.17, 15) is 40.5 Å². The molecule has 2 aromatic carbocycles. The van der Waals surface area contributed by atoms with Crippen LogP contribution in [0.15, 0.2) is 36.4 Å². The zero-order valence-corrected chi connectivity index (χ0v) is 16.5. The molecule has 2 heterocycles. The molecule has 2 aromatic rings. The van der Waals surface area contributed by atoms with Gasteiger partial charge in [0.2, 0.25) is 12.1 Å². The zero-order chi connectivity index (χ0) is 23.2.